The Hall–Kier alpha value is -2.63. The molecule has 6 heteroatoms. The summed E-state index contributed by atoms with van der Waals surface area (Å²) in [5, 5.41) is 6.94. The van der Waals surface area contributed by atoms with Crippen LogP contribution in [0.4, 0.5) is 0 Å². The Kier molecular flexibility index (Phi) is 4.61. The van der Waals surface area contributed by atoms with Crippen molar-refractivity contribution in [2.24, 2.45) is 5.41 Å². The summed E-state index contributed by atoms with van der Waals surface area (Å²) >= 11 is 0. The average Bonchev–Trinajstić information content (AvgIpc) is 3.20. The highest BCUT2D eigenvalue weighted by molar-refractivity contribution is 6.01. The SMILES string of the molecule is CCNC(=O)C1(C)CCN(C(=O)c2c(-c3ccccc3)noc2C)C1. The monoisotopic (exact) mass is 341 g/mol. The summed E-state index contributed by atoms with van der Waals surface area (Å²) in [6.07, 6.45) is 0.648. The van der Waals surface area contributed by atoms with Gasteiger partial charge in [0.05, 0.1) is 5.41 Å². The van der Waals surface area contributed by atoms with Gasteiger partial charge in [-0.2, -0.15) is 0 Å². The van der Waals surface area contributed by atoms with Gasteiger partial charge in [0.2, 0.25) is 5.91 Å². The van der Waals surface area contributed by atoms with Gasteiger partial charge in [-0.15, -0.1) is 0 Å². The first-order valence-corrected chi connectivity index (χ1v) is 8.55. The van der Waals surface area contributed by atoms with Gasteiger partial charge in [0.15, 0.2) is 0 Å². The number of nitrogens with one attached hydrogen (secondary N) is 1. The second-order valence-corrected chi connectivity index (χ2v) is 6.73. The van der Waals surface area contributed by atoms with Crippen LogP contribution in [0.25, 0.3) is 11.3 Å². The normalized spacial score (nSPS) is 19.9. The number of carbonyl (C=O) groups excluding carboxylic acids is 2. The van der Waals surface area contributed by atoms with Crippen molar-refractivity contribution in [3.05, 3.63) is 41.7 Å². The topological polar surface area (TPSA) is 75.4 Å². The second-order valence-electron chi connectivity index (χ2n) is 6.73. The van der Waals surface area contributed by atoms with Crippen molar-refractivity contribution >= 4 is 11.8 Å². The number of benzene rings is 1. The van der Waals surface area contributed by atoms with Crippen molar-refractivity contribution in [3.8, 4) is 11.3 Å². The molecule has 2 heterocycles. The minimum Gasteiger partial charge on any atom is -0.360 e. The standard InChI is InChI=1S/C19H23N3O3/c1-4-20-18(24)19(3)10-11-22(12-19)17(23)15-13(2)25-21-16(15)14-8-6-5-7-9-14/h5-9H,4,10-12H2,1-3H3,(H,20,24). The predicted octanol–water partition coefficient (Wildman–Crippen LogP) is 2.64. The van der Waals surface area contributed by atoms with E-state index in [2.05, 4.69) is 10.5 Å². The van der Waals surface area contributed by atoms with E-state index in [1.165, 1.54) is 0 Å². The summed E-state index contributed by atoms with van der Waals surface area (Å²) in [7, 11) is 0. The first-order valence-electron chi connectivity index (χ1n) is 8.55. The van der Waals surface area contributed by atoms with E-state index in [1.54, 1.807) is 11.8 Å². The van der Waals surface area contributed by atoms with Crippen LogP contribution in [-0.2, 0) is 4.79 Å². The summed E-state index contributed by atoms with van der Waals surface area (Å²) in [5.74, 6) is 0.358. The highest BCUT2D eigenvalue weighted by Crippen LogP contribution is 2.33. The number of aryl methyl sites for hydroxylation is 1. The number of rotatable bonds is 4. The zero-order valence-electron chi connectivity index (χ0n) is 14.8. The highest BCUT2D eigenvalue weighted by atomic mass is 16.5. The molecule has 1 saturated heterocycles. The molecule has 3 rings (SSSR count). The summed E-state index contributed by atoms with van der Waals surface area (Å²) in [5.41, 5.74) is 1.32. The molecule has 1 aromatic carbocycles. The minimum absolute atomic E-state index is 0.00405. The van der Waals surface area contributed by atoms with Gasteiger partial charge in [0.1, 0.15) is 17.0 Å². The van der Waals surface area contributed by atoms with Crippen LogP contribution in [0.15, 0.2) is 34.9 Å². The maximum atomic E-state index is 13.1. The van der Waals surface area contributed by atoms with E-state index in [4.69, 9.17) is 4.52 Å². The molecule has 2 amide bonds. The number of hydrogen-bond donors (Lipinski definition) is 1. The Labute approximate surface area is 147 Å². The fraction of sp³-hybridized carbons (Fsp3) is 0.421. The summed E-state index contributed by atoms with van der Waals surface area (Å²) in [4.78, 5) is 27.1. The van der Waals surface area contributed by atoms with Gasteiger partial charge in [-0.3, -0.25) is 9.59 Å². The maximum absolute atomic E-state index is 13.1. The fourth-order valence-corrected chi connectivity index (χ4v) is 3.27. The zero-order valence-corrected chi connectivity index (χ0v) is 14.8. The first-order chi connectivity index (χ1) is 12.0. The number of amides is 2. The molecule has 1 fully saturated rings. The van der Waals surface area contributed by atoms with Crippen molar-refractivity contribution in [3.63, 3.8) is 0 Å². The molecule has 25 heavy (non-hydrogen) atoms. The Morgan fingerprint density at radius 3 is 2.72 bits per heavy atom. The van der Waals surface area contributed by atoms with Crippen LogP contribution >= 0.6 is 0 Å². The van der Waals surface area contributed by atoms with Gasteiger partial charge in [0.25, 0.3) is 5.91 Å². The van der Waals surface area contributed by atoms with Crippen LogP contribution < -0.4 is 5.32 Å². The third-order valence-corrected chi connectivity index (χ3v) is 4.77. The molecule has 0 aliphatic carbocycles. The molecular weight excluding hydrogens is 318 g/mol. The number of likely N-dealkylation sites (tertiary alicyclic amines) is 1. The Bertz CT molecular complexity index is 784. The largest absolute Gasteiger partial charge is 0.360 e. The fourth-order valence-electron chi connectivity index (χ4n) is 3.27. The molecule has 0 bridgehead atoms. The van der Waals surface area contributed by atoms with Crippen molar-refractivity contribution in [2.75, 3.05) is 19.6 Å². The molecule has 132 valence electrons. The molecule has 1 aromatic heterocycles. The predicted molar refractivity (Wildman–Crippen MR) is 94.0 cm³/mol. The lowest BCUT2D eigenvalue weighted by Crippen LogP contribution is -2.41. The highest BCUT2D eigenvalue weighted by Gasteiger charge is 2.43. The van der Waals surface area contributed by atoms with E-state index in [1.807, 2.05) is 44.2 Å². The van der Waals surface area contributed by atoms with Gasteiger partial charge >= 0.3 is 0 Å². The van der Waals surface area contributed by atoms with E-state index < -0.39 is 5.41 Å². The van der Waals surface area contributed by atoms with Crippen LogP contribution in [0.5, 0.6) is 0 Å². The molecule has 1 N–H and O–H groups in total. The molecule has 1 atom stereocenters. The Balaban J connectivity index is 1.86. The third kappa shape index (κ3) is 3.16. The van der Waals surface area contributed by atoms with Gasteiger partial charge in [0, 0.05) is 25.2 Å². The van der Waals surface area contributed by atoms with E-state index in [0.29, 0.717) is 43.1 Å². The van der Waals surface area contributed by atoms with Gasteiger partial charge in [-0.25, -0.2) is 0 Å². The van der Waals surface area contributed by atoms with Gasteiger partial charge in [-0.05, 0) is 27.2 Å². The van der Waals surface area contributed by atoms with Crippen LogP contribution in [0.2, 0.25) is 0 Å². The lowest BCUT2D eigenvalue weighted by molar-refractivity contribution is -0.129. The van der Waals surface area contributed by atoms with Crippen LogP contribution in [-0.4, -0.2) is 41.5 Å². The average molecular weight is 341 g/mol. The molecule has 1 unspecified atom stereocenters. The number of carbonyl (C=O) groups is 2. The van der Waals surface area contributed by atoms with Crippen molar-refractivity contribution in [1.29, 1.82) is 0 Å². The van der Waals surface area contributed by atoms with Crippen molar-refractivity contribution in [2.45, 2.75) is 27.2 Å². The molecule has 0 saturated carbocycles. The van der Waals surface area contributed by atoms with Gasteiger partial charge in [-0.1, -0.05) is 35.5 Å². The zero-order chi connectivity index (χ0) is 18.0. The van der Waals surface area contributed by atoms with E-state index in [9.17, 15) is 9.59 Å². The summed E-state index contributed by atoms with van der Waals surface area (Å²) < 4.78 is 5.29. The van der Waals surface area contributed by atoms with Crippen molar-refractivity contribution < 1.29 is 14.1 Å². The molecule has 1 aliphatic rings. The molecule has 6 nitrogen and oxygen atoms in total. The Morgan fingerprint density at radius 1 is 1.32 bits per heavy atom. The van der Waals surface area contributed by atoms with Crippen LogP contribution in [0.3, 0.4) is 0 Å². The second kappa shape index (κ2) is 6.70. The summed E-state index contributed by atoms with van der Waals surface area (Å²) in [6, 6.07) is 9.51. The van der Waals surface area contributed by atoms with E-state index >= 15 is 0 Å². The molecule has 0 radical (unpaired) electrons. The summed E-state index contributed by atoms with van der Waals surface area (Å²) in [6.45, 7) is 7.08. The van der Waals surface area contributed by atoms with Crippen LogP contribution in [0.1, 0.15) is 36.4 Å². The minimum atomic E-state index is -0.552. The quantitative estimate of drug-likeness (QED) is 0.927. The van der Waals surface area contributed by atoms with E-state index in [-0.39, 0.29) is 11.8 Å². The van der Waals surface area contributed by atoms with E-state index in [0.717, 1.165) is 5.56 Å². The molecule has 2 aromatic rings. The third-order valence-electron chi connectivity index (χ3n) is 4.77. The number of nitrogens with zero attached hydrogens (tertiary/aromatic N) is 2. The molecule has 0 spiro atoms. The number of hydrogen-bond acceptors (Lipinski definition) is 4. The van der Waals surface area contributed by atoms with Gasteiger partial charge < -0.3 is 14.7 Å². The smallest absolute Gasteiger partial charge is 0.259 e. The molecular formula is C19H23N3O3. The molecule has 1 aliphatic heterocycles. The Morgan fingerprint density at radius 2 is 2.04 bits per heavy atom. The van der Waals surface area contributed by atoms with Crippen LogP contribution in [0, 0.1) is 12.3 Å². The number of aromatic nitrogens is 1. The maximum Gasteiger partial charge on any atom is 0.259 e. The first kappa shape index (κ1) is 17.2. The lowest BCUT2D eigenvalue weighted by atomic mass is 9.89. The van der Waals surface area contributed by atoms with Crippen molar-refractivity contribution in [1.82, 2.24) is 15.4 Å². The lowest BCUT2D eigenvalue weighted by Gasteiger charge is -2.23.